The number of aromatic nitrogens is 4. The molecule has 2 aromatic heterocycles. The van der Waals surface area contributed by atoms with Crippen molar-refractivity contribution >= 4 is 11.0 Å². The SMILES string of the molecule is Cc1nc(CN)cc(-c2ccc3c(c2)ncn3C)n1. The van der Waals surface area contributed by atoms with Crippen molar-refractivity contribution in [3.05, 3.63) is 42.1 Å². The predicted molar refractivity (Wildman–Crippen MR) is 74.4 cm³/mol. The van der Waals surface area contributed by atoms with E-state index in [-0.39, 0.29) is 0 Å². The molecule has 3 aromatic rings. The second kappa shape index (κ2) is 4.44. The average molecular weight is 253 g/mol. The highest BCUT2D eigenvalue weighted by molar-refractivity contribution is 5.81. The van der Waals surface area contributed by atoms with Gasteiger partial charge in [-0.15, -0.1) is 0 Å². The minimum absolute atomic E-state index is 0.419. The molecule has 0 aliphatic rings. The molecule has 0 radical (unpaired) electrons. The molecule has 0 amide bonds. The lowest BCUT2D eigenvalue weighted by molar-refractivity contribution is 0.929. The topological polar surface area (TPSA) is 69.6 Å². The molecule has 2 heterocycles. The monoisotopic (exact) mass is 253 g/mol. The van der Waals surface area contributed by atoms with Gasteiger partial charge in [0.2, 0.25) is 0 Å². The van der Waals surface area contributed by atoms with Crippen LogP contribution in [0.15, 0.2) is 30.6 Å². The Kier molecular flexibility index (Phi) is 2.76. The largest absolute Gasteiger partial charge is 0.334 e. The number of imidazole rings is 1. The average Bonchev–Trinajstić information content (AvgIpc) is 2.79. The highest BCUT2D eigenvalue weighted by Crippen LogP contribution is 2.22. The van der Waals surface area contributed by atoms with Crippen LogP contribution in [0.25, 0.3) is 22.3 Å². The van der Waals surface area contributed by atoms with Gasteiger partial charge >= 0.3 is 0 Å². The van der Waals surface area contributed by atoms with E-state index in [4.69, 9.17) is 5.73 Å². The minimum Gasteiger partial charge on any atom is -0.334 e. The Bertz CT molecular complexity index is 745. The van der Waals surface area contributed by atoms with Crippen LogP contribution in [0.5, 0.6) is 0 Å². The quantitative estimate of drug-likeness (QED) is 0.756. The van der Waals surface area contributed by atoms with Crippen LogP contribution in [0.4, 0.5) is 0 Å². The molecule has 0 bridgehead atoms. The first-order chi connectivity index (χ1) is 9.17. The van der Waals surface area contributed by atoms with Gasteiger partial charge in [0.1, 0.15) is 5.82 Å². The molecule has 0 aliphatic heterocycles. The number of fused-ring (bicyclic) bond motifs is 1. The van der Waals surface area contributed by atoms with Crippen molar-refractivity contribution in [1.29, 1.82) is 0 Å². The van der Waals surface area contributed by atoms with Crippen molar-refractivity contribution in [2.45, 2.75) is 13.5 Å². The Morgan fingerprint density at radius 1 is 1.21 bits per heavy atom. The molecule has 2 N–H and O–H groups in total. The molecule has 5 nitrogen and oxygen atoms in total. The first kappa shape index (κ1) is 11.8. The Balaban J connectivity index is 2.15. The first-order valence-electron chi connectivity index (χ1n) is 6.13. The molecule has 0 atom stereocenters. The Labute approximate surface area is 111 Å². The fraction of sp³-hybridized carbons (Fsp3) is 0.214. The summed E-state index contributed by atoms with van der Waals surface area (Å²) < 4.78 is 2.00. The zero-order chi connectivity index (χ0) is 13.4. The number of benzene rings is 1. The predicted octanol–water partition coefficient (Wildman–Crippen LogP) is 1.80. The van der Waals surface area contributed by atoms with Crippen LogP contribution in [-0.2, 0) is 13.6 Å². The molecule has 0 spiro atoms. The molecule has 0 unspecified atom stereocenters. The third kappa shape index (κ3) is 2.08. The number of nitrogens with zero attached hydrogens (tertiary/aromatic N) is 4. The van der Waals surface area contributed by atoms with Crippen molar-refractivity contribution in [1.82, 2.24) is 19.5 Å². The maximum absolute atomic E-state index is 5.65. The van der Waals surface area contributed by atoms with Crippen molar-refractivity contribution in [2.75, 3.05) is 0 Å². The molecule has 96 valence electrons. The first-order valence-corrected chi connectivity index (χ1v) is 6.13. The maximum Gasteiger partial charge on any atom is 0.126 e. The minimum atomic E-state index is 0.419. The van der Waals surface area contributed by atoms with Crippen molar-refractivity contribution in [3.63, 3.8) is 0 Å². The maximum atomic E-state index is 5.65. The van der Waals surface area contributed by atoms with Gasteiger partial charge in [0.25, 0.3) is 0 Å². The number of hydrogen-bond donors (Lipinski definition) is 1. The Morgan fingerprint density at radius 3 is 2.84 bits per heavy atom. The van der Waals surface area contributed by atoms with Crippen LogP contribution >= 0.6 is 0 Å². The fourth-order valence-electron chi connectivity index (χ4n) is 2.18. The molecule has 1 aromatic carbocycles. The Morgan fingerprint density at radius 2 is 2.05 bits per heavy atom. The zero-order valence-electron chi connectivity index (χ0n) is 11.0. The van der Waals surface area contributed by atoms with E-state index in [1.54, 1.807) is 0 Å². The number of rotatable bonds is 2. The van der Waals surface area contributed by atoms with E-state index in [0.29, 0.717) is 6.54 Å². The lowest BCUT2D eigenvalue weighted by Gasteiger charge is -2.05. The molecule has 3 rings (SSSR count). The molecule has 0 fully saturated rings. The lowest BCUT2D eigenvalue weighted by atomic mass is 10.1. The van der Waals surface area contributed by atoms with E-state index < -0.39 is 0 Å². The standard InChI is InChI=1S/C14H15N5/c1-9-17-11(7-15)6-12(18-9)10-3-4-14-13(5-10)16-8-19(14)2/h3-6,8H,7,15H2,1-2H3. The van der Waals surface area contributed by atoms with Gasteiger partial charge in [-0.25, -0.2) is 15.0 Å². The number of aryl methyl sites for hydroxylation is 2. The van der Waals surface area contributed by atoms with Gasteiger partial charge < -0.3 is 10.3 Å². The second-order valence-electron chi connectivity index (χ2n) is 4.55. The van der Waals surface area contributed by atoms with Gasteiger partial charge in [0.05, 0.1) is 28.7 Å². The van der Waals surface area contributed by atoms with Crippen LogP contribution in [0, 0.1) is 6.92 Å². The molecule has 0 saturated heterocycles. The van der Waals surface area contributed by atoms with Crippen LogP contribution in [-0.4, -0.2) is 19.5 Å². The molecular formula is C14H15N5. The molecule has 0 saturated carbocycles. The van der Waals surface area contributed by atoms with E-state index in [2.05, 4.69) is 21.0 Å². The summed E-state index contributed by atoms with van der Waals surface area (Å²) >= 11 is 0. The normalized spacial score (nSPS) is 11.1. The van der Waals surface area contributed by atoms with Crippen LogP contribution in [0.1, 0.15) is 11.5 Å². The summed E-state index contributed by atoms with van der Waals surface area (Å²) in [7, 11) is 1.98. The van der Waals surface area contributed by atoms with E-state index in [1.807, 2.05) is 43.1 Å². The van der Waals surface area contributed by atoms with Crippen LogP contribution in [0.3, 0.4) is 0 Å². The number of nitrogens with two attached hydrogens (primary N) is 1. The summed E-state index contributed by atoms with van der Waals surface area (Å²) in [5, 5.41) is 0. The van der Waals surface area contributed by atoms with E-state index in [0.717, 1.165) is 33.8 Å². The molecule has 0 aliphatic carbocycles. The van der Waals surface area contributed by atoms with Gasteiger partial charge in [-0.1, -0.05) is 6.07 Å². The summed E-state index contributed by atoms with van der Waals surface area (Å²) in [6.07, 6.45) is 1.81. The fourth-order valence-corrected chi connectivity index (χ4v) is 2.18. The summed E-state index contributed by atoms with van der Waals surface area (Å²) in [4.78, 5) is 13.1. The lowest BCUT2D eigenvalue weighted by Crippen LogP contribution is -2.03. The molecule has 19 heavy (non-hydrogen) atoms. The summed E-state index contributed by atoms with van der Waals surface area (Å²) in [5.41, 5.74) is 10.5. The van der Waals surface area contributed by atoms with Gasteiger partial charge in [-0.05, 0) is 25.1 Å². The zero-order valence-corrected chi connectivity index (χ0v) is 11.0. The Hall–Kier alpha value is -2.27. The smallest absolute Gasteiger partial charge is 0.126 e. The third-order valence-corrected chi connectivity index (χ3v) is 3.12. The summed E-state index contributed by atoms with van der Waals surface area (Å²) in [5.74, 6) is 0.735. The van der Waals surface area contributed by atoms with Crippen molar-refractivity contribution in [2.24, 2.45) is 12.8 Å². The van der Waals surface area contributed by atoms with Crippen molar-refractivity contribution in [3.8, 4) is 11.3 Å². The summed E-state index contributed by atoms with van der Waals surface area (Å²) in [6.45, 7) is 2.30. The van der Waals surface area contributed by atoms with Crippen LogP contribution in [0.2, 0.25) is 0 Å². The van der Waals surface area contributed by atoms with Gasteiger partial charge in [0.15, 0.2) is 0 Å². The highest BCUT2D eigenvalue weighted by atomic mass is 15.0. The molecule has 5 heteroatoms. The third-order valence-electron chi connectivity index (χ3n) is 3.12. The van der Waals surface area contributed by atoms with E-state index in [1.165, 1.54) is 0 Å². The van der Waals surface area contributed by atoms with Gasteiger partial charge in [-0.2, -0.15) is 0 Å². The van der Waals surface area contributed by atoms with Crippen LogP contribution < -0.4 is 5.73 Å². The number of hydrogen-bond acceptors (Lipinski definition) is 4. The van der Waals surface area contributed by atoms with Gasteiger partial charge in [-0.3, -0.25) is 0 Å². The van der Waals surface area contributed by atoms with Gasteiger partial charge in [0, 0.05) is 19.2 Å². The van der Waals surface area contributed by atoms with E-state index >= 15 is 0 Å². The summed E-state index contributed by atoms with van der Waals surface area (Å²) in [6, 6.07) is 8.07. The van der Waals surface area contributed by atoms with E-state index in [9.17, 15) is 0 Å². The molecular weight excluding hydrogens is 238 g/mol. The van der Waals surface area contributed by atoms with Crippen molar-refractivity contribution < 1.29 is 0 Å². The highest BCUT2D eigenvalue weighted by Gasteiger charge is 2.06. The second-order valence-corrected chi connectivity index (χ2v) is 4.55.